The number of ether oxygens (including phenoxy) is 1. The zero-order chi connectivity index (χ0) is 17.5. The van der Waals surface area contributed by atoms with Crippen LogP contribution in [0.4, 0.5) is 4.79 Å². The van der Waals surface area contributed by atoms with Gasteiger partial charge in [-0.1, -0.05) is 18.2 Å². The molecule has 1 aromatic carbocycles. The molecule has 0 spiro atoms. The SMILES string of the molecule is CC(CCC[Si](C)(C)O[Si](C)(C)C)=NC(=O)Oc1ccccc1. The lowest BCUT2D eigenvalue weighted by Crippen LogP contribution is -2.42. The first kappa shape index (κ1) is 19.8. The Kier molecular flexibility index (Phi) is 7.37. The van der Waals surface area contributed by atoms with E-state index in [4.69, 9.17) is 8.85 Å². The Morgan fingerprint density at radius 3 is 2.26 bits per heavy atom. The van der Waals surface area contributed by atoms with Crippen LogP contribution in [0.1, 0.15) is 19.8 Å². The molecule has 0 fully saturated rings. The maximum atomic E-state index is 11.8. The van der Waals surface area contributed by atoms with E-state index in [1.54, 1.807) is 12.1 Å². The second-order valence-electron chi connectivity index (χ2n) is 7.36. The fourth-order valence-electron chi connectivity index (χ4n) is 2.47. The van der Waals surface area contributed by atoms with Crippen LogP contribution < -0.4 is 4.74 Å². The van der Waals surface area contributed by atoms with Gasteiger partial charge in [0.2, 0.25) is 0 Å². The molecule has 0 N–H and O–H groups in total. The molecule has 0 saturated carbocycles. The molecule has 0 saturated heterocycles. The number of para-hydroxylation sites is 1. The third kappa shape index (κ3) is 9.48. The first-order chi connectivity index (χ1) is 10.6. The van der Waals surface area contributed by atoms with Crippen LogP contribution in [0.25, 0.3) is 0 Å². The third-order valence-electron chi connectivity index (χ3n) is 3.13. The van der Waals surface area contributed by atoms with E-state index in [1.807, 2.05) is 25.1 Å². The van der Waals surface area contributed by atoms with Crippen molar-refractivity contribution in [3.05, 3.63) is 30.3 Å². The van der Waals surface area contributed by atoms with E-state index in [-0.39, 0.29) is 0 Å². The number of aliphatic imine (C=N–C) groups is 1. The van der Waals surface area contributed by atoms with Gasteiger partial charge < -0.3 is 8.85 Å². The Balaban J connectivity index is 2.41. The molecule has 1 amide bonds. The average Bonchev–Trinajstić information content (AvgIpc) is 2.36. The molecule has 1 aromatic rings. The van der Waals surface area contributed by atoms with Crippen molar-refractivity contribution in [2.45, 2.75) is 58.5 Å². The van der Waals surface area contributed by atoms with Gasteiger partial charge in [0.25, 0.3) is 0 Å². The summed E-state index contributed by atoms with van der Waals surface area (Å²) in [5.41, 5.74) is 0.809. The molecule has 0 unspecified atom stereocenters. The predicted molar refractivity (Wildman–Crippen MR) is 102 cm³/mol. The topological polar surface area (TPSA) is 47.9 Å². The highest BCUT2D eigenvalue weighted by Gasteiger charge is 2.28. The van der Waals surface area contributed by atoms with Crippen molar-refractivity contribution in [2.75, 3.05) is 0 Å². The van der Waals surface area contributed by atoms with Gasteiger partial charge in [0.15, 0.2) is 16.6 Å². The largest absolute Gasteiger partial charge is 0.456 e. The molecule has 0 aliphatic rings. The van der Waals surface area contributed by atoms with Gasteiger partial charge >= 0.3 is 6.09 Å². The van der Waals surface area contributed by atoms with Gasteiger partial charge in [0, 0.05) is 5.71 Å². The molecule has 0 aromatic heterocycles. The summed E-state index contributed by atoms with van der Waals surface area (Å²) in [6.45, 7) is 13.1. The second-order valence-corrected chi connectivity index (χ2v) is 16.4. The van der Waals surface area contributed by atoms with Gasteiger partial charge in [0.1, 0.15) is 5.75 Å². The summed E-state index contributed by atoms with van der Waals surface area (Å²) in [6.07, 6.45) is 1.25. The number of rotatable bonds is 7. The summed E-state index contributed by atoms with van der Waals surface area (Å²) in [5, 5.41) is 0. The zero-order valence-electron chi connectivity index (χ0n) is 15.2. The van der Waals surface area contributed by atoms with E-state index in [9.17, 15) is 4.79 Å². The lowest BCUT2D eigenvalue weighted by molar-refractivity contribution is 0.211. The Bertz CT molecular complexity index is 537. The number of benzene rings is 1. The molecule has 0 aliphatic carbocycles. The Morgan fingerprint density at radius 2 is 1.70 bits per heavy atom. The summed E-state index contributed by atoms with van der Waals surface area (Å²) in [5.74, 6) is 0.520. The van der Waals surface area contributed by atoms with Crippen LogP contribution in [0.5, 0.6) is 5.75 Å². The highest BCUT2D eigenvalue weighted by Crippen LogP contribution is 2.20. The monoisotopic (exact) mass is 351 g/mol. The Morgan fingerprint density at radius 1 is 1.09 bits per heavy atom. The van der Waals surface area contributed by atoms with Crippen molar-refractivity contribution in [3.8, 4) is 5.75 Å². The van der Waals surface area contributed by atoms with Crippen molar-refractivity contribution in [1.29, 1.82) is 0 Å². The summed E-state index contributed by atoms with van der Waals surface area (Å²) in [7, 11) is -3.10. The van der Waals surface area contributed by atoms with Crippen molar-refractivity contribution >= 4 is 28.4 Å². The Hall–Kier alpha value is -1.25. The predicted octanol–water partition coefficient (Wildman–Crippen LogP) is 5.48. The molecular weight excluding hydrogens is 322 g/mol. The second kappa shape index (κ2) is 8.56. The van der Waals surface area contributed by atoms with Crippen LogP contribution in [0.2, 0.25) is 38.8 Å². The molecule has 0 heterocycles. The van der Waals surface area contributed by atoms with Crippen LogP contribution in [0.15, 0.2) is 35.3 Å². The van der Waals surface area contributed by atoms with E-state index in [2.05, 4.69) is 37.7 Å². The molecule has 0 aliphatic heterocycles. The van der Waals surface area contributed by atoms with E-state index in [0.29, 0.717) is 5.75 Å². The number of hydrogen-bond acceptors (Lipinski definition) is 3. The maximum Gasteiger partial charge on any atom is 0.438 e. The van der Waals surface area contributed by atoms with Crippen LogP contribution in [0.3, 0.4) is 0 Å². The van der Waals surface area contributed by atoms with Gasteiger partial charge in [-0.15, -0.1) is 0 Å². The van der Waals surface area contributed by atoms with Crippen LogP contribution in [-0.2, 0) is 4.12 Å². The number of carbonyl (C=O) groups excluding carboxylic acids is 1. The third-order valence-corrected chi connectivity index (χ3v) is 9.35. The van der Waals surface area contributed by atoms with E-state index in [1.165, 1.54) is 0 Å². The molecule has 6 heteroatoms. The van der Waals surface area contributed by atoms with Crippen LogP contribution >= 0.6 is 0 Å². The van der Waals surface area contributed by atoms with E-state index < -0.39 is 22.7 Å². The van der Waals surface area contributed by atoms with Crippen LogP contribution in [0, 0.1) is 0 Å². The maximum absolute atomic E-state index is 11.8. The first-order valence-electron chi connectivity index (χ1n) is 8.09. The standard InChI is InChI=1S/C17H29NO3Si2/c1-15(11-10-14-23(5,6)21-22(2,3)4)18-17(19)20-16-12-8-7-9-13-16/h7-9,12-13H,10-11,14H2,1-6H3. The molecule has 0 atom stereocenters. The molecule has 4 nitrogen and oxygen atoms in total. The molecule has 23 heavy (non-hydrogen) atoms. The Labute approximate surface area is 142 Å². The molecule has 0 radical (unpaired) electrons. The lowest BCUT2D eigenvalue weighted by Gasteiger charge is -2.31. The number of nitrogens with zero attached hydrogens (tertiary/aromatic N) is 1. The fraction of sp³-hybridized carbons (Fsp3) is 0.529. The summed E-state index contributed by atoms with van der Waals surface area (Å²) >= 11 is 0. The molecule has 0 bridgehead atoms. The normalized spacial score (nSPS) is 13.0. The van der Waals surface area contributed by atoms with Gasteiger partial charge in [0.05, 0.1) is 0 Å². The van der Waals surface area contributed by atoms with E-state index >= 15 is 0 Å². The smallest absolute Gasteiger partial charge is 0.438 e. The minimum absolute atomic E-state index is 0.520. The molecular formula is C17H29NO3Si2. The van der Waals surface area contributed by atoms with Gasteiger partial charge in [-0.3, -0.25) is 0 Å². The van der Waals surface area contributed by atoms with Crippen molar-refractivity contribution in [2.24, 2.45) is 4.99 Å². The van der Waals surface area contributed by atoms with Crippen molar-refractivity contribution in [1.82, 2.24) is 0 Å². The van der Waals surface area contributed by atoms with Crippen molar-refractivity contribution in [3.63, 3.8) is 0 Å². The summed E-state index contributed by atoms with van der Waals surface area (Å²) in [6, 6.07) is 10.1. The van der Waals surface area contributed by atoms with E-state index in [0.717, 1.165) is 24.6 Å². The van der Waals surface area contributed by atoms with Gasteiger partial charge in [-0.25, -0.2) is 4.79 Å². The van der Waals surface area contributed by atoms with Crippen LogP contribution in [-0.4, -0.2) is 28.4 Å². The summed E-state index contributed by atoms with van der Waals surface area (Å²) in [4.78, 5) is 15.8. The lowest BCUT2D eigenvalue weighted by atomic mass is 10.2. The number of hydrogen-bond donors (Lipinski definition) is 0. The minimum atomic E-state index is -1.62. The molecule has 1 rings (SSSR count). The van der Waals surface area contributed by atoms with Crippen molar-refractivity contribution < 1.29 is 13.6 Å². The number of carbonyl (C=O) groups is 1. The highest BCUT2D eigenvalue weighted by atomic mass is 28.4. The number of amides is 1. The van der Waals surface area contributed by atoms with Gasteiger partial charge in [-0.05, 0) is 70.7 Å². The highest BCUT2D eigenvalue weighted by molar-refractivity contribution is 6.84. The summed E-state index contributed by atoms with van der Waals surface area (Å²) < 4.78 is 11.5. The quantitative estimate of drug-likeness (QED) is 0.482. The molecule has 128 valence electrons. The average molecular weight is 352 g/mol. The zero-order valence-corrected chi connectivity index (χ0v) is 17.2. The fourth-order valence-corrected chi connectivity index (χ4v) is 10.5. The van der Waals surface area contributed by atoms with Gasteiger partial charge in [-0.2, -0.15) is 4.99 Å². The first-order valence-corrected chi connectivity index (χ1v) is 14.6. The minimum Gasteiger partial charge on any atom is -0.456 e.